The summed E-state index contributed by atoms with van der Waals surface area (Å²) < 4.78 is 1.63. The van der Waals surface area contributed by atoms with Gasteiger partial charge in [0.15, 0.2) is 0 Å². The van der Waals surface area contributed by atoms with E-state index in [1.54, 1.807) is 29.2 Å². The third-order valence-electron chi connectivity index (χ3n) is 3.44. The zero-order valence-corrected chi connectivity index (χ0v) is 13.4. The molecule has 1 heterocycles. The average Bonchev–Trinajstić information content (AvgIpc) is 3.01. The Morgan fingerprint density at radius 1 is 1.50 bits per heavy atom. The van der Waals surface area contributed by atoms with Crippen molar-refractivity contribution >= 4 is 17.5 Å². The van der Waals surface area contributed by atoms with Gasteiger partial charge >= 0.3 is 0 Å². The summed E-state index contributed by atoms with van der Waals surface area (Å²) in [6.45, 7) is 2.55. The standard InChI is InChI=1S/C16H21ClN4O/c1-2-3-6-14(9-18)20-16(22)12-10-19-21(11-12)15-7-4-5-13(17)8-15/h4-5,7-8,10-11,14H,2-3,6,9,18H2,1H3,(H,20,22). The van der Waals surface area contributed by atoms with Crippen molar-refractivity contribution in [1.29, 1.82) is 0 Å². The predicted molar refractivity (Wildman–Crippen MR) is 88.4 cm³/mol. The number of nitrogens with one attached hydrogen (secondary N) is 1. The fourth-order valence-corrected chi connectivity index (χ4v) is 2.35. The van der Waals surface area contributed by atoms with Crippen LogP contribution in [0.2, 0.25) is 5.02 Å². The third kappa shape index (κ3) is 4.32. The summed E-state index contributed by atoms with van der Waals surface area (Å²) in [5.74, 6) is -0.153. The van der Waals surface area contributed by atoms with Crippen molar-refractivity contribution in [2.45, 2.75) is 32.2 Å². The van der Waals surface area contributed by atoms with Crippen molar-refractivity contribution < 1.29 is 4.79 Å². The van der Waals surface area contributed by atoms with Crippen molar-refractivity contribution in [2.24, 2.45) is 5.73 Å². The number of unbranched alkanes of at least 4 members (excludes halogenated alkanes) is 1. The van der Waals surface area contributed by atoms with Gasteiger partial charge in [-0.3, -0.25) is 4.79 Å². The molecule has 5 nitrogen and oxygen atoms in total. The molecule has 1 aromatic heterocycles. The summed E-state index contributed by atoms with van der Waals surface area (Å²) in [5, 5.41) is 7.79. The van der Waals surface area contributed by atoms with E-state index in [-0.39, 0.29) is 11.9 Å². The van der Waals surface area contributed by atoms with Crippen LogP contribution < -0.4 is 11.1 Å². The van der Waals surface area contributed by atoms with E-state index in [0.717, 1.165) is 24.9 Å². The third-order valence-corrected chi connectivity index (χ3v) is 3.68. The van der Waals surface area contributed by atoms with E-state index in [1.165, 1.54) is 0 Å². The van der Waals surface area contributed by atoms with Gasteiger partial charge in [0.25, 0.3) is 5.91 Å². The van der Waals surface area contributed by atoms with E-state index in [9.17, 15) is 4.79 Å². The molecule has 22 heavy (non-hydrogen) atoms. The maximum absolute atomic E-state index is 12.2. The SMILES string of the molecule is CCCCC(CN)NC(=O)c1cnn(-c2cccc(Cl)c2)c1. The van der Waals surface area contributed by atoms with Crippen LogP contribution in [0.15, 0.2) is 36.7 Å². The molecule has 0 fully saturated rings. The van der Waals surface area contributed by atoms with E-state index in [2.05, 4.69) is 17.3 Å². The monoisotopic (exact) mass is 320 g/mol. The molecule has 1 amide bonds. The predicted octanol–water partition coefficient (Wildman–Crippen LogP) is 2.77. The number of hydrogen-bond donors (Lipinski definition) is 2. The molecule has 0 spiro atoms. The van der Waals surface area contributed by atoms with Crippen LogP contribution >= 0.6 is 11.6 Å². The number of carbonyl (C=O) groups excluding carboxylic acids is 1. The van der Waals surface area contributed by atoms with Gasteiger partial charge in [0, 0.05) is 23.8 Å². The van der Waals surface area contributed by atoms with Gasteiger partial charge in [0.1, 0.15) is 0 Å². The minimum atomic E-state index is -0.153. The normalized spacial score (nSPS) is 12.1. The van der Waals surface area contributed by atoms with E-state index in [0.29, 0.717) is 17.1 Å². The Hall–Kier alpha value is -1.85. The second-order valence-electron chi connectivity index (χ2n) is 5.20. The second-order valence-corrected chi connectivity index (χ2v) is 5.64. The first-order valence-electron chi connectivity index (χ1n) is 7.45. The van der Waals surface area contributed by atoms with Crippen LogP contribution in [0.1, 0.15) is 36.5 Å². The van der Waals surface area contributed by atoms with Gasteiger partial charge in [0.2, 0.25) is 0 Å². The fraction of sp³-hybridized carbons (Fsp3) is 0.375. The molecule has 0 saturated carbocycles. The summed E-state index contributed by atoms with van der Waals surface area (Å²) in [7, 11) is 0. The van der Waals surface area contributed by atoms with Crippen LogP contribution in [0.25, 0.3) is 5.69 Å². The van der Waals surface area contributed by atoms with Gasteiger partial charge in [0.05, 0.1) is 17.4 Å². The molecule has 0 aliphatic heterocycles. The number of amides is 1. The largest absolute Gasteiger partial charge is 0.348 e. The summed E-state index contributed by atoms with van der Waals surface area (Å²) >= 11 is 5.97. The number of nitrogens with two attached hydrogens (primary N) is 1. The van der Waals surface area contributed by atoms with Gasteiger partial charge in [-0.2, -0.15) is 5.10 Å². The Morgan fingerprint density at radius 3 is 3.00 bits per heavy atom. The molecule has 2 aromatic rings. The summed E-state index contributed by atoms with van der Waals surface area (Å²) in [4.78, 5) is 12.2. The molecular weight excluding hydrogens is 300 g/mol. The van der Waals surface area contributed by atoms with Crippen LogP contribution in [0.5, 0.6) is 0 Å². The van der Waals surface area contributed by atoms with Crippen molar-refractivity contribution in [3.05, 3.63) is 47.2 Å². The maximum Gasteiger partial charge on any atom is 0.254 e. The minimum Gasteiger partial charge on any atom is -0.348 e. The Labute approximate surface area is 135 Å². The van der Waals surface area contributed by atoms with Crippen LogP contribution in [0, 0.1) is 0 Å². The molecule has 1 atom stereocenters. The Morgan fingerprint density at radius 2 is 2.32 bits per heavy atom. The number of carbonyl (C=O) groups is 1. The second kappa shape index (κ2) is 7.96. The number of halogens is 1. The molecule has 0 radical (unpaired) electrons. The summed E-state index contributed by atoms with van der Waals surface area (Å²) in [6.07, 6.45) is 6.25. The van der Waals surface area contributed by atoms with Gasteiger partial charge in [-0.25, -0.2) is 4.68 Å². The molecular formula is C16H21ClN4O. The lowest BCUT2D eigenvalue weighted by atomic mass is 10.1. The lowest BCUT2D eigenvalue weighted by Crippen LogP contribution is -2.40. The molecule has 0 saturated heterocycles. The van der Waals surface area contributed by atoms with Crippen LogP contribution in [0.3, 0.4) is 0 Å². The van der Waals surface area contributed by atoms with E-state index >= 15 is 0 Å². The molecule has 118 valence electrons. The number of rotatable bonds is 7. The highest BCUT2D eigenvalue weighted by molar-refractivity contribution is 6.30. The summed E-state index contributed by atoms with van der Waals surface area (Å²) in [6, 6.07) is 7.31. The molecule has 6 heteroatoms. The van der Waals surface area contributed by atoms with Crippen molar-refractivity contribution in [3.8, 4) is 5.69 Å². The van der Waals surface area contributed by atoms with E-state index < -0.39 is 0 Å². The number of nitrogens with zero attached hydrogens (tertiary/aromatic N) is 2. The first kappa shape index (κ1) is 16.5. The van der Waals surface area contributed by atoms with Crippen LogP contribution in [0.4, 0.5) is 0 Å². The van der Waals surface area contributed by atoms with Crippen molar-refractivity contribution in [3.63, 3.8) is 0 Å². The molecule has 1 aromatic carbocycles. The molecule has 0 aliphatic carbocycles. The molecule has 3 N–H and O–H groups in total. The van der Waals surface area contributed by atoms with Crippen LogP contribution in [-0.4, -0.2) is 28.3 Å². The minimum absolute atomic E-state index is 0.00182. The highest BCUT2D eigenvalue weighted by atomic mass is 35.5. The highest BCUT2D eigenvalue weighted by Gasteiger charge is 2.14. The lowest BCUT2D eigenvalue weighted by Gasteiger charge is -2.15. The lowest BCUT2D eigenvalue weighted by molar-refractivity contribution is 0.0936. The van der Waals surface area contributed by atoms with Crippen molar-refractivity contribution in [2.75, 3.05) is 6.54 Å². The smallest absolute Gasteiger partial charge is 0.254 e. The Bertz CT molecular complexity index is 626. The molecule has 0 bridgehead atoms. The molecule has 1 unspecified atom stereocenters. The maximum atomic E-state index is 12.2. The Kier molecular flexibility index (Phi) is 5.98. The van der Waals surface area contributed by atoms with E-state index in [4.69, 9.17) is 17.3 Å². The van der Waals surface area contributed by atoms with Gasteiger partial charge in [-0.15, -0.1) is 0 Å². The number of aromatic nitrogens is 2. The quantitative estimate of drug-likeness (QED) is 0.824. The van der Waals surface area contributed by atoms with Gasteiger partial charge in [-0.1, -0.05) is 37.4 Å². The first-order chi connectivity index (χ1) is 10.6. The van der Waals surface area contributed by atoms with Gasteiger partial charge < -0.3 is 11.1 Å². The van der Waals surface area contributed by atoms with Crippen molar-refractivity contribution in [1.82, 2.24) is 15.1 Å². The highest BCUT2D eigenvalue weighted by Crippen LogP contribution is 2.14. The van der Waals surface area contributed by atoms with Gasteiger partial charge in [-0.05, 0) is 24.6 Å². The first-order valence-corrected chi connectivity index (χ1v) is 7.83. The number of benzene rings is 1. The Balaban J connectivity index is 2.05. The van der Waals surface area contributed by atoms with Crippen LogP contribution in [-0.2, 0) is 0 Å². The molecule has 0 aliphatic rings. The summed E-state index contributed by atoms with van der Waals surface area (Å²) in [5.41, 5.74) is 7.02. The van der Waals surface area contributed by atoms with E-state index in [1.807, 2.05) is 12.1 Å². The molecule has 2 rings (SSSR count). The number of hydrogen-bond acceptors (Lipinski definition) is 3. The average molecular weight is 321 g/mol. The fourth-order valence-electron chi connectivity index (χ4n) is 2.17. The topological polar surface area (TPSA) is 72.9 Å². The zero-order valence-electron chi connectivity index (χ0n) is 12.6. The zero-order chi connectivity index (χ0) is 15.9.